The average Bonchev–Trinajstić information content (AvgIpc) is 3.86. The van der Waals surface area contributed by atoms with Crippen LogP contribution in [0.15, 0.2) is 211 Å². The number of hydrogen-bond acceptors (Lipinski definition) is 2. The van der Waals surface area contributed by atoms with Crippen LogP contribution in [-0.4, -0.2) is 6.10 Å². The third-order valence-corrected chi connectivity index (χ3v) is 12.9. The van der Waals surface area contributed by atoms with Crippen LogP contribution in [0.2, 0.25) is 0 Å². The Morgan fingerprint density at radius 1 is 0.367 bits per heavy atom. The Bertz CT molecular complexity index is 3660. The molecular formula is C58H36O2. The second-order valence-corrected chi connectivity index (χ2v) is 16.4. The van der Waals surface area contributed by atoms with Gasteiger partial charge in [-0.15, -0.1) is 0 Å². The maximum Gasteiger partial charge on any atom is 0.135 e. The molecule has 0 amide bonds. The number of allylic oxidation sites excluding steroid dienone is 2. The molecule has 0 N–H and O–H groups in total. The summed E-state index contributed by atoms with van der Waals surface area (Å²) >= 11 is 0. The van der Waals surface area contributed by atoms with Gasteiger partial charge in [0.2, 0.25) is 0 Å². The van der Waals surface area contributed by atoms with Crippen LogP contribution in [0.5, 0.6) is 5.75 Å². The Hall–Kier alpha value is -7.68. The molecule has 0 saturated heterocycles. The first-order valence-corrected chi connectivity index (χ1v) is 20.8. The summed E-state index contributed by atoms with van der Waals surface area (Å²) < 4.78 is 13.1. The molecule has 2 atom stereocenters. The zero-order chi connectivity index (χ0) is 39.3. The van der Waals surface area contributed by atoms with Gasteiger partial charge in [0.1, 0.15) is 23.0 Å². The molecule has 1 aliphatic heterocycles. The highest BCUT2D eigenvalue weighted by atomic mass is 16.5. The Kier molecular flexibility index (Phi) is 7.17. The summed E-state index contributed by atoms with van der Waals surface area (Å²) in [6.45, 7) is 0. The van der Waals surface area contributed by atoms with E-state index in [-0.39, 0.29) is 12.0 Å². The van der Waals surface area contributed by atoms with Crippen LogP contribution in [0.25, 0.3) is 104 Å². The van der Waals surface area contributed by atoms with Crippen molar-refractivity contribution >= 4 is 70.6 Å². The first kappa shape index (κ1) is 33.3. The summed E-state index contributed by atoms with van der Waals surface area (Å²) in [6.07, 6.45) is 6.78. The molecule has 0 fully saturated rings. The molecule has 1 aromatic heterocycles. The molecule has 2 nitrogen and oxygen atoms in total. The standard InChI is InChI=1S/C58H36O2/c1-2-9-36-26-41(17-16-35(36)8-1)43-22-24-55-51(30-43)53-33-58-54(34-57(53)59-55)52-31-44(23-25-56(52)60-58)42-21-20-39-27-38(18-19-40(39)28-42)37-11-7-12-45(29-37)50-32-46-10-3-4-13-47(46)48-14-5-6-15-49(48)50/h1-34,52,56H. The van der Waals surface area contributed by atoms with E-state index >= 15 is 0 Å². The second-order valence-electron chi connectivity index (χ2n) is 16.4. The Labute approximate surface area is 346 Å². The highest BCUT2D eigenvalue weighted by Crippen LogP contribution is 2.47. The summed E-state index contributed by atoms with van der Waals surface area (Å²) in [5.74, 6) is 1.04. The average molecular weight is 765 g/mol. The third-order valence-electron chi connectivity index (χ3n) is 12.9. The molecule has 0 bridgehead atoms. The van der Waals surface area contributed by atoms with Crippen molar-refractivity contribution in [3.63, 3.8) is 0 Å². The van der Waals surface area contributed by atoms with Crippen molar-refractivity contribution < 1.29 is 9.15 Å². The Balaban J connectivity index is 0.809. The van der Waals surface area contributed by atoms with E-state index in [1.165, 1.54) is 93.2 Å². The second kappa shape index (κ2) is 12.9. The maximum atomic E-state index is 6.61. The van der Waals surface area contributed by atoms with Crippen LogP contribution in [0.3, 0.4) is 0 Å². The van der Waals surface area contributed by atoms with E-state index in [2.05, 4.69) is 206 Å². The number of furan rings is 1. The molecule has 2 unspecified atom stereocenters. The van der Waals surface area contributed by atoms with Crippen LogP contribution in [0.1, 0.15) is 17.0 Å². The van der Waals surface area contributed by atoms with Crippen molar-refractivity contribution in [2.24, 2.45) is 0 Å². The summed E-state index contributed by atoms with van der Waals surface area (Å²) in [5.41, 5.74) is 12.6. The van der Waals surface area contributed by atoms with Crippen molar-refractivity contribution in [3.8, 4) is 39.1 Å². The number of benzene rings is 10. The van der Waals surface area contributed by atoms with Gasteiger partial charge in [-0.2, -0.15) is 0 Å². The summed E-state index contributed by atoms with van der Waals surface area (Å²) in [7, 11) is 0. The van der Waals surface area contributed by atoms with Crippen LogP contribution in [-0.2, 0) is 0 Å². The number of ether oxygens (including phenoxy) is 1. The summed E-state index contributed by atoms with van der Waals surface area (Å²) in [5, 5.41) is 12.2. The smallest absolute Gasteiger partial charge is 0.135 e. The van der Waals surface area contributed by atoms with Gasteiger partial charge < -0.3 is 9.15 Å². The topological polar surface area (TPSA) is 22.4 Å². The first-order valence-electron chi connectivity index (χ1n) is 20.8. The van der Waals surface area contributed by atoms with Gasteiger partial charge in [0.15, 0.2) is 0 Å². The molecule has 13 rings (SSSR count). The minimum atomic E-state index is -0.0407. The Morgan fingerprint density at radius 3 is 1.83 bits per heavy atom. The van der Waals surface area contributed by atoms with Crippen LogP contribution >= 0.6 is 0 Å². The van der Waals surface area contributed by atoms with E-state index in [1.54, 1.807) is 0 Å². The van der Waals surface area contributed by atoms with Crippen molar-refractivity contribution in [2.45, 2.75) is 12.0 Å². The van der Waals surface area contributed by atoms with Crippen molar-refractivity contribution in [2.75, 3.05) is 0 Å². The fourth-order valence-corrected chi connectivity index (χ4v) is 9.87. The molecule has 2 heteroatoms. The van der Waals surface area contributed by atoms with Gasteiger partial charge in [-0.25, -0.2) is 0 Å². The zero-order valence-corrected chi connectivity index (χ0v) is 32.6. The van der Waals surface area contributed by atoms with Gasteiger partial charge >= 0.3 is 0 Å². The lowest BCUT2D eigenvalue weighted by molar-refractivity contribution is 0.269. The van der Waals surface area contributed by atoms with Crippen molar-refractivity contribution in [3.05, 3.63) is 217 Å². The molecule has 2 aliphatic rings. The van der Waals surface area contributed by atoms with E-state index in [0.717, 1.165) is 27.7 Å². The van der Waals surface area contributed by atoms with Gasteiger partial charge in [0.05, 0.1) is 0 Å². The van der Waals surface area contributed by atoms with Gasteiger partial charge in [0.25, 0.3) is 0 Å². The van der Waals surface area contributed by atoms with Crippen molar-refractivity contribution in [1.29, 1.82) is 0 Å². The molecular weight excluding hydrogens is 729 g/mol. The van der Waals surface area contributed by atoms with Gasteiger partial charge in [-0.3, -0.25) is 0 Å². The third kappa shape index (κ3) is 5.28. The lowest BCUT2D eigenvalue weighted by atomic mass is 9.86. The fourth-order valence-electron chi connectivity index (χ4n) is 9.87. The Morgan fingerprint density at radius 2 is 0.983 bits per heavy atom. The summed E-state index contributed by atoms with van der Waals surface area (Å²) in [4.78, 5) is 0. The molecule has 2 heterocycles. The van der Waals surface area contributed by atoms with E-state index in [1.807, 2.05) is 0 Å². The first-order chi connectivity index (χ1) is 29.7. The number of rotatable bonds is 4. The fraction of sp³-hybridized carbons (Fsp3) is 0.0345. The highest BCUT2D eigenvalue weighted by molar-refractivity contribution is 6.14. The quantitative estimate of drug-likeness (QED) is 0.167. The van der Waals surface area contributed by atoms with Gasteiger partial charge in [-0.05, 0) is 148 Å². The molecule has 0 saturated carbocycles. The number of fused-ring (bicyclic) bond motifs is 11. The minimum absolute atomic E-state index is 0.0407. The van der Waals surface area contributed by atoms with Crippen LogP contribution < -0.4 is 4.74 Å². The van der Waals surface area contributed by atoms with E-state index < -0.39 is 0 Å². The summed E-state index contributed by atoms with van der Waals surface area (Å²) in [6, 6.07) is 68.5. The molecule has 280 valence electrons. The predicted octanol–water partition coefficient (Wildman–Crippen LogP) is 15.7. The monoisotopic (exact) mass is 764 g/mol. The minimum Gasteiger partial charge on any atom is -0.485 e. The van der Waals surface area contributed by atoms with E-state index in [4.69, 9.17) is 9.15 Å². The van der Waals surface area contributed by atoms with E-state index in [0.29, 0.717) is 0 Å². The molecule has 0 spiro atoms. The van der Waals surface area contributed by atoms with Gasteiger partial charge in [-0.1, -0.05) is 146 Å². The largest absolute Gasteiger partial charge is 0.485 e. The van der Waals surface area contributed by atoms with Crippen LogP contribution in [0, 0.1) is 0 Å². The molecule has 1 aliphatic carbocycles. The molecule has 11 aromatic rings. The predicted molar refractivity (Wildman–Crippen MR) is 251 cm³/mol. The highest BCUT2D eigenvalue weighted by Gasteiger charge is 2.34. The molecule has 60 heavy (non-hydrogen) atoms. The zero-order valence-electron chi connectivity index (χ0n) is 32.6. The van der Waals surface area contributed by atoms with Crippen LogP contribution in [0.4, 0.5) is 0 Å². The normalized spacial score (nSPS) is 15.8. The lowest BCUT2D eigenvalue weighted by Crippen LogP contribution is -2.16. The van der Waals surface area contributed by atoms with Crippen molar-refractivity contribution in [1.82, 2.24) is 0 Å². The number of hydrogen-bond donors (Lipinski definition) is 0. The molecule has 0 radical (unpaired) electrons. The van der Waals surface area contributed by atoms with E-state index in [9.17, 15) is 0 Å². The lowest BCUT2D eigenvalue weighted by Gasteiger charge is -2.19. The van der Waals surface area contributed by atoms with Gasteiger partial charge in [0, 0.05) is 22.3 Å². The maximum absolute atomic E-state index is 6.61. The molecule has 10 aromatic carbocycles. The SMILES string of the molecule is C1=CC2Oc3cc4c(cc3C2C=C1c1ccc2cc(-c3cccc(-c5cc6ccccc6c6ccccc56)c3)ccc2c1)oc1ccc(-c2ccc3ccccc3c2)cc14.